The maximum atomic E-state index is 3.86. The fraction of sp³-hybridized carbons (Fsp3) is 0.625. The van der Waals surface area contributed by atoms with Crippen LogP contribution in [0, 0.1) is 13.8 Å². The maximum Gasteiger partial charge on any atom is 0.0301 e. The van der Waals surface area contributed by atoms with Crippen LogP contribution in [-0.4, -0.2) is 22.8 Å². The van der Waals surface area contributed by atoms with E-state index in [1.54, 1.807) is 0 Å². The van der Waals surface area contributed by atoms with E-state index in [-0.39, 0.29) is 0 Å². The highest BCUT2D eigenvalue weighted by Gasteiger charge is 2.26. The van der Waals surface area contributed by atoms with Crippen LogP contribution in [-0.2, 0) is 6.54 Å². The van der Waals surface area contributed by atoms with Gasteiger partial charge in [-0.15, -0.1) is 0 Å². The van der Waals surface area contributed by atoms with Crippen molar-refractivity contribution in [3.8, 4) is 0 Å². The number of hydrogen-bond acceptors (Lipinski definition) is 1. The van der Waals surface area contributed by atoms with Gasteiger partial charge in [0.05, 0.1) is 0 Å². The maximum absolute atomic E-state index is 3.86. The molecular formula is C16H24BrN. The van der Waals surface area contributed by atoms with Gasteiger partial charge in [-0.2, -0.15) is 0 Å². The summed E-state index contributed by atoms with van der Waals surface area (Å²) in [6, 6.07) is 7.47. The minimum absolute atomic E-state index is 0.668. The van der Waals surface area contributed by atoms with Gasteiger partial charge in [0.1, 0.15) is 0 Å². The highest BCUT2D eigenvalue weighted by molar-refractivity contribution is 9.09. The zero-order chi connectivity index (χ0) is 13.1. The van der Waals surface area contributed by atoms with Gasteiger partial charge in [-0.1, -0.05) is 52.5 Å². The van der Waals surface area contributed by atoms with E-state index in [1.807, 2.05) is 0 Å². The van der Waals surface area contributed by atoms with E-state index in [4.69, 9.17) is 0 Å². The van der Waals surface area contributed by atoms with Crippen LogP contribution in [0.5, 0.6) is 0 Å². The Morgan fingerprint density at radius 3 is 2.67 bits per heavy atom. The minimum Gasteiger partial charge on any atom is -0.298 e. The zero-order valence-electron chi connectivity index (χ0n) is 11.7. The van der Waals surface area contributed by atoms with Gasteiger partial charge in [-0.3, -0.25) is 4.90 Å². The summed E-state index contributed by atoms with van der Waals surface area (Å²) < 4.78 is 0. The van der Waals surface area contributed by atoms with Crippen LogP contribution in [0.4, 0.5) is 0 Å². The first-order valence-electron chi connectivity index (χ1n) is 6.98. The largest absolute Gasteiger partial charge is 0.298 e. The van der Waals surface area contributed by atoms with Crippen molar-refractivity contribution in [2.75, 3.05) is 7.05 Å². The van der Waals surface area contributed by atoms with Crippen molar-refractivity contribution in [3.63, 3.8) is 0 Å². The van der Waals surface area contributed by atoms with Crippen molar-refractivity contribution in [3.05, 3.63) is 34.9 Å². The summed E-state index contributed by atoms with van der Waals surface area (Å²) >= 11 is 3.86. The molecule has 2 heteroatoms. The molecule has 0 aromatic heterocycles. The Bertz CT molecular complexity index is 402. The average molecular weight is 310 g/mol. The van der Waals surface area contributed by atoms with E-state index >= 15 is 0 Å². The van der Waals surface area contributed by atoms with E-state index in [0.717, 1.165) is 6.54 Å². The summed E-state index contributed by atoms with van der Waals surface area (Å²) in [4.78, 5) is 3.20. The molecule has 0 radical (unpaired) electrons. The molecule has 1 nitrogen and oxygen atoms in total. The molecule has 18 heavy (non-hydrogen) atoms. The smallest absolute Gasteiger partial charge is 0.0301 e. The van der Waals surface area contributed by atoms with Crippen molar-refractivity contribution in [2.24, 2.45) is 0 Å². The summed E-state index contributed by atoms with van der Waals surface area (Å²) in [5.74, 6) is 0. The molecule has 0 amide bonds. The second kappa shape index (κ2) is 6.21. The van der Waals surface area contributed by atoms with Crippen molar-refractivity contribution in [2.45, 2.75) is 56.9 Å². The minimum atomic E-state index is 0.668. The van der Waals surface area contributed by atoms with Gasteiger partial charge in [-0.05, 0) is 44.9 Å². The quantitative estimate of drug-likeness (QED) is 0.746. The van der Waals surface area contributed by atoms with Crippen LogP contribution >= 0.6 is 15.9 Å². The van der Waals surface area contributed by atoms with Crippen molar-refractivity contribution in [1.82, 2.24) is 4.90 Å². The van der Waals surface area contributed by atoms with E-state index in [0.29, 0.717) is 10.9 Å². The molecule has 2 unspecified atom stereocenters. The van der Waals surface area contributed by atoms with Crippen LogP contribution in [0.3, 0.4) is 0 Å². The van der Waals surface area contributed by atoms with E-state index in [1.165, 1.54) is 42.4 Å². The molecule has 100 valence electrons. The molecule has 1 aromatic rings. The molecule has 2 atom stereocenters. The molecule has 0 N–H and O–H groups in total. The van der Waals surface area contributed by atoms with Crippen LogP contribution < -0.4 is 0 Å². The molecule has 1 aliphatic rings. The Hall–Kier alpha value is -0.340. The Morgan fingerprint density at radius 2 is 1.94 bits per heavy atom. The van der Waals surface area contributed by atoms with Gasteiger partial charge < -0.3 is 0 Å². The highest BCUT2D eigenvalue weighted by Crippen LogP contribution is 2.29. The highest BCUT2D eigenvalue weighted by atomic mass is 79.9. The van der Waals surface area contributed by atoms with Crippen LogP contribution in [0.15, 0.2) is 18.2 Å². The lowest BCUT2D eigenvalue weighted by Crippen LogP contribution is -2.40. The summed E-state index contributed by atoms with van der Waals surface area (Å²) in [5, 5.41) is 0. The fourth-order valence-electron chi connectivity index (χ4n) is 2.92. The number of halogens is 1. The lowest BCUT2D eigenvalue weighted by Gasteiger charge is -2.35. The van der Waals surface area contributed by atoms with E-state index < -0.39 is 0 Å². The third-order valence-corrected chi connectivity index (χ3v) is 5.21. The summed E-state index contributed by atoms with van der Waals surface area (Å²) in [6.45, 7) is 5.46. The third-order valence-electron chi connectivity index (χ3n) is 4.14. The SMILES string of the molecule is Cc1ccc(C)c(CN(C)C2CCCCC2Br)c1. The van der Waals surface area contributed by atoms with Gasteiger partial charge in [0.2, 0.25) is 0 Å². The first-order chi connectivity index (χ1) is 8.58. The van der Waals surface area contributed by atoms with Crippen molar-refractivity contribution in [1.29, 1.82) is 0 Å². The predicted octanol–water partition coefficient (Wildman–Crippen LogP) is 4.44. The second-order valence-corrected chi connectivity index (χ2v) is 6.89. The molecule has 0 aliphatic heterocycles. The van der Waals surface area contributed by atoms with Gasteiger partial charge in [-0.25, -0.2) is 0 Å². The lowest BCUT2D eigenvalue weighted by molar-refractivity contribution is 0.192. The monoisotopic (exact) mass is 309 g/mol. The van der Waals surface area contributed by atoms with E-state index in [2.05, 4.69) is 59.9 Å². The van der Waals surface area contributed by atoms with Crippen LogP contribution in [0.1, 0.15) is 42.4 Å². The number of nitrogens with zero attached hydrogens (tertiary/aromatic N) is 1. The van der Waals surface area contributed by atoms with Crippen LogP contribution in [0.25, 0.3) is 0 Å². The molecule has 0 heterocycles. The molecule has 0 spiro atoms. The number of hydrogen-bond donors (Lipinski definition) is 0. The lowest BCUT2D eigenvalue weighted by atomic mass is 9.93. The number of benzene rings is 1. The van der Waals surface area contributed by atoms with Gasteiger partial charge >= 0.3 is 0 Å². The Balaban J connectivity index is 2.05. The molecule has 1 aliphatic carbocycles. The molecular weight excluding hydrogens is 286 g/mol. The Morgan fingerprint density at radius 1 is 1.22 bits per heavy atom. The average Bonchev–Trinajstić information content (AvgIpc) is 2.34. The third kappa shape index (κ3) is 3.36. The molecule has 2 rings (SSSR count). The zero-order valence-corrected chi connectivity index (χ0v) is 13.3. The normalized spacial score (nSPS) is 24.5. The summed E-state index contributed by atoms with van der Waals surface area (Å²) in [6.07, 6.45) is 5.41. The Kier molecular flexibility index (Phi) is 4.85. The topological polar surface area (TPSA) is 3.24 Å². The first-order valence-corrected chi connectivity index (χ1v) is 7.90. The van der Waals surface area contributed by atoms with Crippen LogP contribution in [0.2, 0.25) is 0 Å². The molecule has 0 bridgehead atoms. The number of alkyl halides is 1. The predicted molar refractivity (Wildman–Crippen MR) is 82.4 cm³/mol. The molecule has 0 saturated heterocycles. The van der Waals surface area contributed by atoms with Gasteiger partial charge in [0.15, 0.2) is 0 Å². The summed E-state index contributed by atoms with van der Waals surface area (Å²) in [7, 11) is 2.27. The molecule has 1 saturated carbocycles. The Labute approximate surface area is 120 Å². The van der Waals surface area contributed by atoms with E-state index in [9.17, 15) is 0 Å². The van der Waals surface area contributed by atoms with Gasteiger partial charge in [0.25, 0.3) is 0 Å². The second-order valence-electron chi connectivity index (χ2n) is 5.71. The number of aryl methyl sites for hydroxylation is 2. The molecule has 1 fully saturated rings. The fourth-order valence-corrected chi connectivity index (χ4v) is 3.91. The summed E-state index contributed by atoms with van der Waals surface area (Å²) in [5.41, 5.74) is 4.25. The van der Waals surface area contributed by atoms with Gasteiger partial charge in [0, 0.05) is 17.4 Å². The standard InChI is InChI=1S/C16H24BrN/c1-12-8-9-13(2)14(10-12)11-18(3)16-7-5-4-6-15(16)17/h8-10,15-16H,4-7,11H2,1-3H3. The van der Waals surface area contributed by atoms with Crippen molar-refractivity contribution >= 4 is 15.9 Å². The first kappa shape index (κ1) is 14.1. The molecule has 1 aromatic carbocycles. The number of rotatable bonds is 3. The van der Waals surface area contributed by atoms with Crippen molar-refractivity contribution < 1.29 is 0 Å².